The minimum Gasteiger partial charge on any atom is -0.382 e. The largest absolute Gasteiger partial charge is 0.382 e. The molecule has 0 saturated carbocycles. The predicted octanol–water partition coefficient (Wildman–Crippen LogP) is 2.29. The molecule has 0 aliphatic carbocycles. The van der Waals surface area contributed by atoms with E-state index in [1.54, 1.807) is 10.9 Å². The second kappa shape index (κ2) is 6.14. The Bertz CT molecular complexity index is 1190. The van der Waals surface area contributed by atoms with Crippen LogP contribution in [0.25, 0.3) is 33.1 Å². The highest BCUT2D eigenvalue weighted by Gasteiger charge is 2.12. The zero-order valence-electron chi connectivity index (χ0n) is 14.5. The maximum Gasteiger partial charge on any atom is 0.152 e. The summed E-state index contributed by atoms with van der Waals surface area (Å²) in [6, 6.07) is 7.92. The van der Waals surface area contributed by atoms with Crippen LogP contribution in [-0.4, -0.2) is 46.5 Å². The molecule has 3 heterocycles. The number of rotatable bonds is 5. The van der Waals surface area contributed by atoms with Gasteiger partial charge >= 0.3 is 0 Å². The molecule has 0 saturated heterocycles. The number of anilines is 1. The van der Waals surface area contributed by atoms with Gasteiger partial charge in [-0.15, -0.1) is 0 Å². The van der Waals surface area contributed by atoms with Gasteiger partial charge in [0.25, 0.3) is 0 Å². The van der Waals surface area contributed by atoms with Crippen molar-refractivity contribution < 1.29 is 4.21 Å². The van der Waals surface area contributed by atoms with Gasteiger partial charge < -0.3 is 5.73 Å². The van der Waals surface area contributed by atoms with Gasteiger partial charge in [-0.25, -0.2) is 4.98 Å². The molecule has 4 aromatic rings. The summed E-state index contributed by atoms with van der Waals surface area (Å²) >= 11 is 0. The van der Waals surface area contributed by atoms with E-state index < -0.39 is 9.52 Å². The standard InChI is InChI=1S/C18H20N6OS/c1-3-26(2,25)9-8-24-11-14-13-5-4-12(15-6-7-20-22-15)10-16(13)21-18(19)17(14)23-24/h4-7,10-11H,2-3,8-9H2,1H3,(H2,19,21)(H,20,22). The lowest BCUT2D eigenvalue weighted by Crippen LogP contribution is -2.14. The highest BCUT2D eigenvalue weighted by atomic mass is 32.2. The van der Waals surface area contributed by atoms with Crippen LogP contribution in [0.3, 0.4) is 0 Å². The number of aromatic amines is 1. The summed E-state index contributed by atoms with van der Waals surface area (Å²) in [5.74, 6) is 5.25. The van der Waals surface area contributed by atoms with E-state index in [0.717, 1.165) is 27.5 Å². The molecule has 0 aliphatic rings. The van der Waals surface area contributed by atoms with Crippen molar-refractivity contribution in [1.82, 2.24) is 25.0 Å². The van der Waals surface area contributed by atoms with Crippen LogP contribution in [0.2, 0.25) is 0 Å². The van der Waals surface area contributed by atoms with Gasteiger partial charge in [0.15, 0.2) is 5.82 Å². The molecule has 134 valence electrons. The Balaban J connectivity index is 1.79. The van der Waals surface area contributed by atoms with E-state index in [4.69, 9.17) is 5.73 Å². The zero-order valence-corrected chi connectivity index (χ0v) is 15.3. The summed E-state index contributed by atoms with van der Waals surface area (Å²) in [7, 11) is -2.06. The van der Waals surface area contributed by atoms with Crippen LogP contribution in [0.1, 0.15) is 6.92 Å². The molecule has 7 nitrogen and oxygen atoms in total. The fourth-order valence-corrected chi connectivity index (χ4v) is 3.75. The summed E-state index contributed by atoms with van der Waals surface area (Å²) in [5.41, 5.74) is 9.52. The van der Waals surface area contributed by atoms with Crippen LogP contribution in [0.5, 0.6) is 0 Å². The molecule has 1 aromatic carbocycles. The summed E-state index contributed by atoms with van der Waals surface area (Å²) in [6.45, 7) is 2.43. The number of fused-ring (bicyclic) bond motifs is 3. The molecule has 3 N–H and O–H groups in total. The average molecular weight is 368 g/mol. The Labute approximate surface area is 151 Å². The molecule has 3 aromatic heterocycles. The number of pyridine rings is 1. The number of nitrogens with two attached hydrogens (primary N) is 1. The predicted molar refractivity (Wildman–Crippen MR) is 108 cm³/mol. The van der Waals surface area contributed by atoms with E-state index in [1.807, 2.05) is 37.4 Å². The highest BCUT2D eigenvalue weighted by molar-refractivity contribution is 8.00. The van der Waals surface area contributed by atoms with E-state index in [2.05, 4.69) is 26.2 Å². The molecule has 8 heteroatoms. The Morgan fingerprint density at radius 1 is 1.31 bits per heavy atom. The minimum absolute atomic E-state index is 0.388. The van der Waals surface area contributed by atoms with Crippen molar-refractivity contribution in [2.24, 2.45) is 0 Å². The van der Waals surface area contributed by atoms with Crippen LogP contribution in [0.4, 0.5) is 5.82 Å². The van der Waals surface area contributed by atoms with Gasteiger partial charge in [0.2, 0.25) is 0 Å². The third kappa shape index (κ3) is 2.92. The number of benzene rings is 1. The monoisotopic (exact) mass is 368 g/mol. The minimum atomic E-state index is -2.06. The molecule has 0 bridgehead atoms. The third-order valence-electron chi connectivity index (χ3n) is 4.56. The van der Waals surface area contributed by atoms with E-state index >= 15 is 0 Å². The first-order valence-electron chi connectivity index (χ1n) is 8.35. The molecule has 1 atom stereocenters. The summed E-state index contributed by atoms with van der Waals surface area (Å²) in [4.78, 5) is 4.51. The molecule has 0 amide bonds. The lowest BCUT2D eigenvalue weighted by Gasteiger charge is -2.05. The quantitative estimate of drug-likeness (QED) is 0.526. The zero-order chi connectivity index (χ0) is 18.3. The average Bonchev–Trinajstić information content (AvgIpc) is 3.30. The van der Waals surface area contributed by atoms with Crippen LogP contribution in [0.15, 0.2) is 36.7 Å². The topological polar surface area (TPSA) is 102 Å². The second-order valence-corrected chi connectivity index (χ2v) is 9.23. The summed E-state index contributed by atoms with van der Waals surface area (Å²) in [5, 5.41) is 13.4. The fourth-order valence-electron chi connectivity index (χ4n) is 2.95. The maximum absolute atomic E-state index is 12.2. The van der Waals surface area contributed by atoms with Gasteiger partial charge in [-0.05, 0) is 27.5 Å². The van der Waals surface area contributed by atoms with Crippen LogP contribution >= 0.6 is 0 Å². The van der Waals surface area contributed by atoms with Gasteiger partial charge in [-0.1, -0.05) is 19.1 Å². The van der Waals surface area contributed by atoms with E-state index in [1.165, 1.54) is 0 Å². The number of hydrogen-bond acceptors (Lipinski definition) is 5. The van der Waals surface area contributed by atoms with E-state index in [9.17, 15) is 4.21 Å². The first-order valence-corrected chi connectivity index (χ1v) is 10.4. The van der Waals surface area contributed by atoms with E-state index in [-0.39, 0.29) is 0 Å². The Kier molecular flexibility index (Phi) is 3.91. The number of H-pyrrole nitrogens is 1. The molecule has 0 spiro atoms. The number of aryl methyl sites for hydroxylation is 1. The van der Waals surface area contributed by atoms with Crippen molar-refractivity contribution >= 4 is 43.0 Å². The lowest BCUT2D eigenvalue weighted by molar-refractivity contribution is 0.648. The van der Waals surface area contributed by atoms with Gasteiger partial charge in [0, 0.05) is 40.2 Å². The molecular weight excluding hydrogens is 348 g/mol. The number of nitrogen functional groups attached to an aromatic ring is 1. The van der Waals surface area contributed by atoms with Crippen molar-refractivity contribution in [1.29, 1.82) is 0 Å². The normalized spacial score (nSPS) is 14.0. The number of nitrogens with one attached hydrogen (secondary N) is 1. The lowest BCUT2D eigenvalue weighted by atomic mass is 10.1. The molecule has 26 heavy (non-hydrogen) atoms. The molecular formula is C18H20N6OS. The van der Waals surface area contributed by atoms with Crippen LogP contribution < -0.4 is 5.73 Å². The molecule has 0 fully saturated rings. The van der Waals surface area contributed by atoms with Crippen molar-refractivity contribution in [3.05, 3.63) is 36.7 Å². The van der Waals surface area contributed by atoms with Gasteiger partial charge in [0.05, 0.1) is 17.8 Å². The fraction of sp³-hybridized carbons (Fsp3) is 0.222. The van der Waals surface area contributed by atoms with Crippen LogP contribution in [0, 0.1) is 0 Å². The van der Waals surface area contributed by atoms with Crippen LogP contribution in [-0.2, 0) is 16.1 Å². The number of hydrogen-bond donors (Lipinski definition) is 2. The molecule has 0 radical (unpaired) electrons. The SMILES string of the molecule is C=S(=O)(CC)CCn1cc2c(n1)c(N)nc1cc(-c3ccn[nH]3)ccc12. The second-order valence-electron chi connectivity index (χ2n) is 6.31. The molecule has 4 rings (SSSR count). The highest BCUT2D eigenvalue weighted by Crippen LogP contribution is 2.29. The Hall–Kier alpha value is -2.87. The van der Waals surface area contributed by atoms with Gasteiger partial charge in [-0.3, -0.25) is 14.0 Å². The van der Waals surface area contributed by atoms with Gasteiger partial charge in [0.1, 0.15) is 5.52 Å². The Morgan fingerprint density at radius 3 is 2.88 bits per heavy atom. The van der Waals surface area contributed by atoms with Gasteiger partial charge in [-0.2, -0.15) is 10.2 Å². The number of aromatic nitrogens is 5. The maximum atomic E-state index is 12.2. The van der Waals surface area contributed by atoms with E-state index in [0.29, 0.717) is 29.4 Å². The smallest absolute Gasteiger partial charge is 0.152 e. The first-order chi connectivity index (χ1) is 12.5. The van der Waals surface area contributed by atoms with Crippen molar-refractivity contribution in [3.8, 4) is 11.3 Å². The summed E-state index contributed by atoms with van der Waals surface area (Å²) < 4.78 is 14.0. The third-order valence-corrected chi connectivity index (χ3v) is 6.54. The van der Waals surface area contributed by atoms with Crippen molar-refractivity contribution in [2.75, 3.05) is 17.2 Å². The molecule has 1 unspecified atom stereocenters. The van der Waals surface area contributed by atoms with Crippen molar-refractivity contribution in [2.45, 2.75) is 13.5 Å². The molecule has 0 aliphatic heterocycles. The first kappa shape index (κ1) is 16.6. The number of nitrogens with zero attached hydrogens (tertiary/aromatic N) is 4. The van der Waals surface area contributed by atoms with Crippen molar-refractivity contribution in [3.63, 3.8) is 0 Å². The summed E-state index contributed by atoms with van der Waals surface area (Å²) in [6.07, 6.45) is 3.65. The Morgan fingerprint density at radius 2 is 2.15 bits per heavy atom.